The molecule has 0 aliphatic carbocycles. The molecule has 0 saturated carbocycles. The Morgan fingerprint density at radius 1 is 0.400 bits per heavy atom. The van der Waals surface area contributed by atoms with Gasteiger partial charge in [0.15, 0.2) is 58.2 Å². The van der Waals surface area contributed by atoms with E-state index in [1.807, 2.05) is 0 Å². The second-order valence-corrected chi connectivity index (χ2v) is 19.8. The van der Waals surface area contributed by atoms with Crippen LogP contribution in [-0.2, 0) is 0 Å². The minimum absolute atomic E-state index is 0.126. The molecule has 0 bridgehead atoms. The van der Waals surface area contributed by atoms with Crippen molar-refractivity contribution in [2.45, 2.75) is 46.5 Å². The zero-order valence-electron chi connectivity index (χ0n) is 37.1. The van der Waals surface area contributed by atoms with Crippen LogP contribution in [0.5, 0.6) is 0 Å². The Bertz CT molecular complexity index is 2920. The maximum Gasteiger partial charge on any atom is 0.200 e. The van der Waals surface area contributed by atoms with Crippen LogP contribution in [0.4, 0.5) is 65.9 Å². The van der Waals surface area contributed by atoms with Crippen LogP contribution in [0.25, 0.3) is 10.8 Å². The lowest BCUT2D eigenvalue weighted by Gasteiger charge is -2.46. The first kappa shape index (κ1) is 51.3. The molecular weight excluding hydrogens is 963 g/mol. The number of aryl methyl sites for hydroxylation is 1. The van der Waals surface area contributed by atoms with E-state index >= 15 is 65.9 Å². The minimum atomic E-state index is -5.76. The van der Waals surface area contributed by atoms with Crippen molar-refractivity contribution in [3.05, 3.63) is 231 Å². The van der Waals surface area contributed by atoms with Gasteiger partial charge in [0.05, 0.1) is 5.31 Å². The van der Waals surface area contributed by atoms with Crippen LogP contribution in [0.2, 0.25) is 0 Å². The maximum atomic E-state index is 17.6. The van der Waals surface area contributed by atoms with Crippen molar-refractivity contribution < 1.29 is 65.9 Å². The summed E-state index contributed by atoms with van der Waals surface area (Å²) in [5.74, 6) is -42.8. The lowest BCUT2D eigenvalue weighted by molar-refractivity contribution is 0.376. The highest BCUT2D eigenvalue weighted by molar-refractivity contribution is 8.03. The molecule has 0 nitrogen and oxygen atoms in total. The van der Waals surface area contributed by atoms with Crippen LogP contribution >= 0.6 is 7.26 Å². The SMILES string of the molecule is CCCC(CCC)=C(c1c(F)c(F)c(F)c(F)c1F)[B-](/C=C(/c1ccc(C)cc1)[P+](c1ccccc1)(c1ccccc1)c1ccccc1)(c1c(F)c(F)c(F)c(F)c1F)c1c(F)c(F)c(F)c(F)c1F. The molecule has 7 rings (SSSR count). The maximum absolute atomic E-state index is 17.6. The van der Waals surface area contributed by atoms with Crippen molar-refractivity contribution in [3.63, 3.8) is 0 Å². The van der Waals surface area contributed by atoms with Gasteiger partial charge >= 0.3 is 0 Å². The van der Waals surface area contributed by atoms with E-state index in [-0.39, 0.29) is 34.3 Å². The normalized spacial score (nSPS) is 12.2. The van der Waals surface area contributed by atoms with Crippen molar-refractivity contribution in [2.24, 2.45) is 0 Å². The number of allylic oxidation sites excluding steroid dienone is 1. The molecule has 0 saturated heterocycles. The highest BCUT2D eigenvalue weighted by Crippen LogP contribution is 2.67. The van der Waals surface area contributed by atoms with E-state index in [1.54, 1.807) is 61.5 Å². The first-order valence-corrected chi connectivity index (χ1v) is 23.4. The van der Waals surface area contributed by atoms with Crippen LogP contribution in [0.15, 0.2) is 127 Å². The Hall–Kier alpha value is -6.54. The number of benzene rings is 7. The van der Waals surface area contributed by atoms with Gasteiger partial charge in [-0.05, 0) is 56.2 Å². The molecule has 0 atom stereocenters. The van der Waals surface area contributed by atoms with Gasteiger partial charge in [-0.25, -0.2) is 65.9 Å². The van der Waals surface area contributed by atoms with Gasteiger partial charge in [0.2, 0.25) is 5.82 Å². The third kappa shape index (κ3) is 8.31. The van der Waals surface area contributed by atoms with Crippen molar-refractivity contribution >= 4 is 51.0 Å². The molecule has 0 amide bonds. The van der Waals surface area contributed by atoms with Crippen LogP contribution in [0.3, 0.4) is 0 Å². The van der Waals surface area contributed by atoms with Crippen molar-refractivity contribution in [3.8, 4) is 0 Å². The van der Waals surface area contributed by atoms with E-state index in [4.69, 9.17) is 0 Å². The molecule has 362 valence electrons. The van der Waals surface area contributed by atoms with Gasteiger partial charge < -0.3 is 0 Å². The molecule has 0 heterocycles. The molecule has 0 spiro atoms. The van der Waals surface area contributed by atoms with Crippen LogP contribution in [0.1, 0.15) is 56.2 Å². The second-order valence-electron chi connectivity index (χ2n) is 16.5. The third-order valence-corrected chi connectivity index (χ3v) is 16.7. The highest BCUT2D eigenvalue weighted by atomic mass is 31.2. The fourth-order valence-corrected chi connectivity index (χ4v) is 14.0. The van der Waals surface area contributed by atoms with E-state index in [0.29, 0.717) is 11.5 Å². The summed E-state index contributed by atoms with van der Waals surface area (Å²) in [7, 11) is -4.16. The fourth-order valence-electron chi connectivity index (χ4n) is 9.47. The second kappa shape index (κ2) is 20.4. The largest absolute Gasteiger partial charge is 0.207 e. The van der Waals surface area contributed by atoms with E-state index in [0.717, 1.165) is 0 Å². The molecule has 0 unspecified atom stereocenters. The number of rotatable bonds is 14. The van der Waals surface area contributed by atoms with Gasteiger partial charge in [-0.1, -0.05) is 111 Å². The van der Waals surface area contributed by atoms with E-state index in [1.165, 1.54) is 74.5 Å². The molecule has 0 aromatic heterocycles. The standard InChI is InChI=1S/C53H37BF15P/c1-4-15-30(16-5-2)36(35-39(55)45(61)51(67)46(62)40(35)56)54(37-41(57)47(63)52(68)48(64)42(37)58,38-43(59)49(65)53(69)50(66)44(38)60)27-34(29-25-23-28(3)24-26-29)70(31-17-9-6-10-18-31,32-19-11-7-12-20-32)33-21-13-8-14-22-33/h6-14,17-27H,4-5,15-16H2,1-3H3/b34-27-. The molecule has 0 aliphatic heterocycles. The van der Waals surface area contributed by atoms with Gasteiger partial charge in [0.1, 0.15) is 52.6 Å². The summed E-state index contributed by atoms with van der Waals surface area (Å²) < 4.78 is 247. The summed E-state index contributed by atoms with van der Waals surface area (Å²) >= 11 is 0. The Balaban J connectivity index is 2.03. The van der Waals surface area contributed by atoms with E-state index in [9.17, 15) is 0 Å². The summed E-state index contributed by atoms with van der Waals surface area (Å²) in [4.78, 5) is 0. The number of hydrogen-bond acceptors (Lipinski definition) is 0. The third-order valence-electron chi connectivity index (χ3n) is 12.4. The number of hydrogen-bond donors (Lipinski definition) is 0. The lowest BCUT2D eigenvalue weighted by Crippen LogP contribution is -2.65. The first-order valence-electron chi connectivity index (χ1n) is 21.6. The molecule has 70 heavy (non-hydrogen) atoms. The zero-order chi connectivity index (χ0) is 51.0. The van der Waals surface area contributed by atoms with Gasteiger partial charge in [0, 0.05) is 11.1 Å². The van der Waals surface area contributed by atoms with Gasteiger partial charge in [-0.15, -0.1) is 16.5 Å². The highest BCUT2D eigenvalue weighted by Gasteiger charge is 2.54. The minimum Gasteiger partial charge on any atom is -0.207 e. The van der Waals surface area contributed by atoms with Crippen molar-refractivity contribution in [1.29, 1.82) is 0 Å². The Morgan fingerprint density at radius 3 is 1.01 bits per heavy atom. The number of halogens is 15. The Morgan fingerprint density at radius 2 is 0.700 bits per heavy atom. The van der Waals surface area contributed by atoms with Crippen LogP contribution < -0.4 is 26.8 Å². The van der Waals surface area contributed by atoms with Gasteiger partial charge in [-0.3, -0.25) is 0 Å². The summed E-state index contributed by atoms with van der Waals surface area (Å²) in [6, 6.07) is 28.8. The first-order chi connectivity index (χ1) is 33.3. The lowest BCUT2D eigenvalue weighted by atomic mass is 9.13. The smallest absolute Gasteiger partial charge is 0.200 e. The molecule has 0 aliphatic rings. The molecule has 7 aromatic carbocycles. The predicted octanol–water partition coefficient (Wildman–Crippen LogP) is 13.8. The molecule has 7 aromatic rings. The van der Waals surface area contributed by atoms with E-state index < -0.39 is 146 Å². The molecule has 0 radical (unpaired) electrons. The Labute approximate surface area is 393 Å². The summed E-state index contributed by atoms with van der Waals surface area (Å²) in [6.45, 7) is 4.37. The molecule has 0 N–H and O–H groups in total. The summed E-state index contributed by atoms with van der Waals surface area (Å²) in [5, 5.41) is 0.325. The molecular formula is C53H37BF15P. The van der Waals surface area contributed by atoms with Crippen LogP contribution in [-0.4, -0.2) is 6.15 Å². The summed E-state index contributed by atoms with van der Waals surface area (Å²) in [6.07, 6.45) is -7.51. The average molecular weight is 1000 g/mol. The molecule has 0 fully saturated rings. The topological polar surface area (TPSA) is 0 Å². The predicted molar refractivity (Wildman–Crippen MR) is 245 cm³/mol. The van der Waals surface area contributed by atoms with E-state index in [2.05, 4.69) is 0 Å². The monoisotopic (exact) mass is 1000 g/mol. The Kier molecular flexibility index (Phi) is 15.0. The van der Waals surface area contributed by atoms with Crippen molar-refractivity contribution in [2.75, 3.05) is 0 Å². The van der Waals surface area contributed by atoms with Gasteiger partial charge in [-0.2, -0.15) is 11.4 Å². The van der Waals surface area contributed by atoms with Gasteiger partial charge in [0.25, 0.3) is 0 Å². The summed E-state index contributed by atoms with van der Waals surface area (Å²) in [5.41, 5.74) is -9.05. The quantitative estimate of drug-likeness (QED) is 0.0335. The zero-order valence-corrected chi connectivity index (χ0v) is 38.0. The average Bonchev–Trinajstić information content (AvgIpc) is 3.37. The van der Waals surface area contributed by atoms with Crippen molar-refractivity contribution in [1.82, 2.24) is 0 Å². The fraction of sp³-hybridized carbons (Fsp3) is 0.132. The van der Waals surface area contributed by atoms with Crippen LogP contribution in [0, 0.1) is 94.2 Å². The molecule has 17 heteroatoms.